The zero-order valence-corrected chi connectivity index (χ0v) is 16.8. The fraction of sp³-hybridized carbons (Fsp3) is 0.778. The number of amidine groups is 4. The van der Waals surface area contributed by atoms with Crippen molar-refractivity contribution in [1.82, 2.24) is 21.3 Å². The normalized spacial score (nSPS) is 22.2. The van der Waals surface area contributed by atoms with Crippen LogP contribution in [0.25, 0.3) is 0 Å². The topological polar surface area (TPSA) is 122 Å². The molecule has 0 unspecified atom stereocenters. The number of azo groups is 1. The van der Waals surface area contributed by atoms with E-state index in [2.05, 4.69) is 55.1 Å². The third kappa shape index (κ3) is 3.04. The third-order valence-corrected chi connectivity index (χ3v) is 5.68. The molecule has 10 nitrogen and oxygen atoms in total. The number of hydrogen-bond acceptors (Lipinski definition) is 10. The molecule has 0 fully saturated rings. The molecule has 0 saturated heterocycles. The van der Waals surface area contributed by atoms with E-state index >= 15 is 0 Å². The van der Waals surface area contributed by atoms with Crippen molar-refractivity contribution in [3.63, 3.8) is 0 Å². The van der Waals surface area contributed by atoms with Crippen LogP contribution in [-0.4, -0.2) is 86.8 Å². The summed E-state index contributed by atoms with van der Waals surface area (Å²) in [5.74, 6) is 3.39. The van der Waals surface area contributed by atoms with E-state index in [9.17, 15) is 0 Å². The van der Waals surface area contributed by atoms with Gasteiger partial charge in [0, 0.05) is 26.2 Å². The Morgan fingerprint density at radius 2 is 0.893 bits per heavy atom. The maximum atomic E-state index is 4.97. The number of aliphatic imine (C=N–C) groups is 4. The van der Waals surface area contributed by atoms with Gasteiger partial charge in [0.25, 0.3) is 0 Å². The SMILES string of the molecule is CCC(N=NC(CC)(C1=NCCN1)C1=NCCN1)(C1=NCCN1)C1=NCCN1. The van der Waals surface area contributed by atoms with E-state index in [4.69, 9.17) is 10.2 Å². The molecule has 4 aliphatic heterocycles. The molecule has 0 saturated carbocycles. The van der Waals surface area contributed by atoms with Crippen LogP contribution in [0.3, 0.4) is 0 Å². The molecule has 0 bridgehead atoms. The summed E-state index contributed by atoms with van der Waals surface area (Å²) < 4.78 is 0. The van der Waals surface area contributed by atoms with E-state index < -0.39 is 11.1 Å². The Bertz CT molecular complexity index is 637. The van der Waals surface area contributed by atoms with Crippen molar-refractivity contribution in [2.24, 2.45) is 30.2 Å². The molecular weight excluding hydrogens is 356 g/mol. The molecule has 0 aromatic heterocycles. The minimum absolute atomic E-state index is 0.716. The van der Waals surface area contributed by atoms with Crippen LogP contribution in [0.1, 0.15) is 26.7 Å². The van der Waals surface area contributed by atoms with Gasteiger partial charge in [0.2, 0.25) is 0 Å². The predicted molar refractivity (Wildman–Crippen MR) is 112 cm³/mol. The van der Waals surface area contributed by atoms with Gasteiger partial charge in [-0.3, -0.25) is 20.0 Å². The summed E-state index contributed by atoms with van der Waals surface area (Å²) in [7, 11) is 0. The second kappa shape index (κ2) is 7.84. The van der Waals surface area contributed by atoms with Crippen molar-refractivity contribution in [2.45, 2.75) is 37.8 Å². The number of nitrogens with zero attached hydrogens (tertiary/aromatic N) is 6. The van der Waals surface area contributed by atoms with Crippen molar-refractivity contribution in [2.75, 3.05) is 52.4 Å². The summed E-state index contributed by atoms with van der Waals surface area (Å²) in [4.78, 5) is 18.7. The van der Waals surface area contributed by atoms with Crippen molar-refractivity contribution >= 4 is 23.3 Å². The van der Waals surface area contributed by atoms with Crippen LogP contribution >= 0.6 is 0 Å². The molecule has 152 valence electrons. The summed E-state index contributed by atoms with van der Waals surface area (Å²) in [6.45, 7) is 10.5. The lowest BCUT2D eigenvalue weighted by atomic mass is 9.92. The maximum Gasteiger partial charge on any atom is 0.194 e. The lowest BCUT2D eigenvalue weighted by Gasteiger charge is -2.32. The largest absolute Gasteiger partial charge is 0.369 e. The number of nitrogens with one attached hydrogen (secondary N) is 4. The first kappa shape index (κ1) is 18.8. The van der Waals surface area contributed by atoms with Gasteiger partial charge < -0.3 is 21.3 Å². The van der Waals surface area contributed by atoms with Crippen LogP contribution < -0.4 is 21.3 Å². The minimum atomic E-state index is -0.717. The quantitative estimate of drug-likeness (QED) is 0.429. The van der Waals surface area contributed by atoms with Crippen LogP contribution in [0.2, 0.25) is 0 Å². The van der Waals surface area contributed by atoms with Crippen molar-refractivity contribution in [3.05, 3.63) is 0 Å². The standard InChI is InChI=1S/C18H30N10/c1-3-17(13-19-5-6-20-13,14-21-7-8-22-14)27-28-18(4-2,15-23-9-10-24-15)16-25-11-12-26-16/h3-12H2,1-2H3,(H,19,20)(H,21,22)(H,23,24)(H,25,26). The zero-order chi connectivity index (χ0) is 19.5. The lowest BCUT2D eigenvalue weighted by Crippen LogP contribution is -2.56. The van der Waals surface area contributed by atoms with Crippen molar-refractivity contribution in [1.29, 1.82) is 0 Å². The summed E-state index contributed by atoms with van der Waals surface area (Å²) in [6, 6.07) is 0. The van der Waals surface area contributed by atoms with Gasteiger partial charge in [-0.2, -0.15) is 10.2 Å². The highest BCUT2D eigenvalue weighted by molar-refractivity contribution is 6.17. The summed E-state index contributed by atoms with van der Waals surface area (Å²) >= 11 is 0. The van der Waals surface area contributed by atoms with Crippen molar-refractivity contribution < 1.29 is 0 Å². The minimum Gasteiger partial charge on any atom is -0.369 e. The zero-order valence-electron chi connectivity index (χ0n) is 16.8. The van der Waals surface area contributed by atoms with Gasteiger partial charge >= 0.3 is 0 Å². The first-order valence-corrected chi connectivity index (χ1v) is 10.3. The fourth-order valence-electron chi connectivity index (χ4n) is 4.10. The van der Waals surface area contributed by atoms with E-state index in [1.54, 1.807) is 0 Å². The molecule has 0 atom stereocenters. The smallest absolute Gasteiger partial charge is 0.194 e. The van der Waals surface area contributed by atoms with Crippen LogP contribution in [0.4, 0.5) is 0 Å². The molecule has 4 N–H and O–H groups in total. The Kier molecular flexibility index (Phi) is 5.27. The van der Waals surface area contributed by atoms with Gasteiger partial charge in [0.15, 0.2) is 11.1 Å². The number of hydrogen-bond donors (Lipinski definition) is 4. The molecule has 28 heavy (non-hydrogen) atoms. The van der Waals surface area contributed by atoms with Gasteiger partial charge in [0.05, 0.1) is 26.2 Å². The molecule has 0 aromatic rings. The fourth-order valence-corrected chi connectivity index (χ4v) is 4.10. The monoisotopic (exact) mass is 386 g/mol. The maximum absolute atomic E-state index is 4.97. The highest BCUT2D eigenvalue weighted by Gasteiger charge is 2.47. The average Bonchev–Trinajstić information content (AvgIpc) is 3.54. The van der Waals surface area contributed by atoms with Crippen LogP contribution in [0, 0.1) is 0 Å². The van der Waals surface area contributed by atoms with E-state index in [-0.39, 0.29) is 0 Å². The van der Waals surface area contributed by atoms with E-state index in [0.29, 0.717) is 12.8 Å². The molecule has 10 heteroatoms. The summed E-state index contributed by atoms with van der Waals surface area (Å²) in [6.07, 6.45) is 1.43. The first-order chi connectivity index (χ1) is 13.7. The number of rotatable bonds is 8. The Balaban J connectivity index is 1.78. The van der Waals surface area contributed by atoms with Gasteiger partial charge in [-0.05, 0) is 12.8 Å². The Morgan fingerprint density at radius 1 is 0.607 bits per heavy atom. The lowest BCUT2D eigenvalue weighted by molar-refractivity contribution is 0.563. The third-order valence-electron chi connectivity index (χ3n) is 5.68. The molecule has 0 aliphatic carbocycles. The van der Waals surface area contributed by atoms with E-state index in [1.807, 2.05) is 0 Å². The molecule has 0 radical (unpaired) electrons. The molecular formula is C18H30N10. The predicted octanol–water partition coefficient (Wildman–Crippen LogP) is -0.257. The van der Waals surface area contributed by atoms with Gasteiger partial charge in [-0.25, -0.2) is 0 Å². The van der Waals surface area contributed by atoms with E-state index in [1.165, 1.54) is 0 Å². The first-order valence-electron chi connectivity index (χ1n) is 10.3. The highest BCUT2D eigenvalue weighted by Crippen LogP contribution is 2.28. The summed E-state index contributed by atoms with van der Waals surface area (Å²) in [5, 5.41) is 23.5. The van der Waals surface area contributed by atoms with Crippen LogP contribution in [0.5, 0.6) is 0 Å². The average molecular weight is 387 g/mol. The van der Waals surface area contributed by atoms with Crippen LogP contribution in [-0.2, 0) is 0 Å². The summed E-state index contributed by atoms with van der Waals surface area (Å²) in [5.41, 5.74) is -1.43. The van der Waals surface area contributed by atoms with Crippen LogP contribution in [0.15, 0.2) is 30.2 Å². The molecule has 4 rings (SSSR count). The molecule has 0 spiro atoms. The molecule has 0 amide bonds. The molecule has 0 aromatic carbocycles. The second-order valence-electron chi connectivity index (χ2n) is 7.26. The second-order valence-corrected chi connectivity index (χ2v) is 7.26. The van der Waals surface area contributed by atoms with Gasteiger partial charge in [0.1, 0.15) is 23.3 Å². The Morgan fingerprint density at radius 3 is 1.07 bits per heavy atom. The van der Waals surface area contributed by atoms with Crippen molar-refractivity contribution in [3.8, 4) is 0 Å². The van der Waals surface area contributed by atoms with E-state index in [0.717, 1.165) is 75.7 Å². The Labute approximate surface area is 165 Å². The molecule has 4 aliphatic rings. The van der Waals surface area contributed by atoms with Gasteiger partial charge in [-0.1, -0.05) is 13.8 Å². The highest BCUT2D eigenvalue weighted by atomic mass is 15.3. The van der Waals surface area contributed by atoms with Gasteiger partial charge in [-0.15, -0.1) is 0 Å². The Hall–Kier alpha value is -2.52. The molecule has 4 heterocycles.